The fourth-order valence-corrected chi connectivity index (χ4v) is 5.58. The number of pyridine rings is 2. The molecule has 196 valence electrons. The van der Waals surface area contributed by atoms with Gasteiger partial charge in [0.15, 0.2) is 0 Å². The van der Waals surface area contributed by atoms with E-state index in [-0.39, 0.29) is 17.6 Å². The van der Waals surface area contributed by atoms with Gasteiger partial charge in [0, 0.05) is 24.8 Å². The van der Waals surface area contributed by atoms with Crippen LogP contribution in [0, 0.1) is 12.8 Å². The highest BCUT2D eigenvalue weighted by Crippen LogP contribution is 2.28. The van der Waals surface area contributed by atoms with Gasteiger partial charge in [-0.1, -0.05) is 23.7 Å². The second kappa shape index (κ2) is 10.3. The second-order valence-corrected chi connectivity index (χ2v) is 11.0. The van der Waals surface area contributed by atoms with Gasteiger partial charge in [0.25, 0.3) is 5.91 Å². The quantitative estimate of drug-likeness (QED) is 0.346. The van der Waals surface area contributed by atoms with Gasteiger partial charge in [-0.3, -0.25) is 18.9 Å². The lowest BCUT2D eigenvalue weighted by molar-refractivity contribution is 0.0919. The van der Waals surface area contributed by atoms with Crippen LogP contribution in [0.2, 0.25) is 5.02 Å². The minimum absolute atomic E-state index is 0.0461. The third-order valence-corrected chi connectivity index (χ3v) is 7.90. The van der Waals surface area contributed by atoms with E-state index in [0.29, 0.717) is 34.8 Å². The average molecular weight is 531 g/mol. The summed E-state index contributed by atoms with van der Waals surface area (Å²) >= 11 is 6.04. The molecule has 3 aromatic heterocycles. The van der Waals surface area contributed by atoms with Crippen LogP contribution in [0.15, 0.2) is 59.7 Å². The van der Waals surface area contributed by atoms with E-state index in [0.717, 1.165) is 48.2 Å². The smallest absolute Gasteiger partial charge is 0.333 e. The summed E-state index contributed by atoms with van der Waals surface area (Å²) in [6, 6.07) is 14.1. The van der Waals surface area contributed by atoms with E-state index in [4.69, 9.17) is 11.6 Å². The minimum atomic E-state index is -0.132. The zero-order valence-electron chi connectivity index (χ0n) is 21.4. The van der Waals surface area contributed by atoms with Crippen molar-refractivity contribution in [3.8, 4) is 5.69 Å². The maximum Gasteiger partial charge on any atom is 0.333 e. The summed E-state index contributed by atoms with van der Waals surface area (Å²) in [5, 5.41) is 7.00. The normalized spacial score (nSPS) is 19.4. The topological polar surface area (TPSA) is 93.8 Å². The number of rotatable bonds is 7. The van der Waals surface area contributed by atoms with Gasteiger partial charge in [-0.05, 0) is 81.7 Å². The summed E-state index contributed by atoms with van der Waals surface area (Å²) in [5.41, 5.74) is 3.72. The Morgan fingerprint density at radius 3 is 2.42 bits per heavy atom. The summed E-state index contributed by atoms with van der Waals surface area (Å²) < 4.78 is 3.66. The number of carbonyl (C=O) groups is 1. The van der Waals surface area contributed by atoms with Crippen LogP contribution in [0.4, 0.5) is 5.82 Å². The molecule has 38 heavy (non-hydrogen) atoms. The molecular formula is C29H31ClN6O2. The first-order chi connectivity index (χ1) is 18.5. The minimum Gasteiger partial charge on any atom is -0.367 e. The van der Waals surface area contributed by atoms with E-state index in [2.05, 4.69) is 20.6 Å². The highest BCUT2D eigenvalue weighted by atomic mass is 35.5. The average Bonchev–Trinajstić information content (AvgIpc) is 3.70. The van der Waals surface area contributed by atoms with Gasteiger partial charge in [-0.25, -0.2) is 9.78 Å². The van der Waals surface area contributed by atoms with Crippen molar-refractivity contribution < 1.29 is 4.79 Å². The van der Waals surface area contributed by atoms with Crippen LogP contribution in [-0.4, -0.2) is 37.1 Å². The molecule has 2 saturated carbocycles. The van der Waals surface area contributed by atoms with Gasteiger partial charge in [-0.2, -0.15) is 0 Å². The molecule has 2 fully saturated rings. The van der Waals surface area contributed by atoms with Crippen LogP contribution >= 0.6 is 11.6 Å². The number of aromatic nitrogens is 4. The lowest BCUT2D eigenvalue weighted by atomic mass is 9.85. The van der Waals surface area contributed by atoms with Gasteiger partial charge in [0.2, 0.25) is 0 Å². The number of para-hydroxylation sites is 2. The molecule has 3 heterocycles. The molecule has 0 bridgehead atoms. The number of fused-ring (bicyclic) bond motifs is 1. The molecule has 0 atom stereocenters. The van der Waals surface area contributed by atoms with Crippen LogP contribution in [-0.2, 0) is 6.54 Å². The van der Waals surface area contributed by atoms with Crippen molar-refractivity contribution in [2.24, 2.45) is 5.92 Å². The molecule has 4 aromatic rings. The number of aryl methyl sites for hydroxylation is 1. The predicted molar refractivity (Wildman–Crippen MR) is 149 cm³/mol. The van der Waals surface area contributed by atoms with Crippen LogP contribution in [0.5, 0.6) is 0 Å². The van der Waals surface area contributed by atoms with Crippen LogP contribution in [0.25, 0.3) is 16.7 Å². The summed E-state index contributed by atoms with van der Waals surface area (Å²) in [7, 11) is 0. The van der Waals surface area contributed by atoms with Gasteiger partial charge in [0.05, 0.1) is 39.2 Å². The SMILES string of the molecule is Cc1ncc(Cl)cc1C(=O)N[C@H]1CC[C@H](Cn2c(=O)n(-c3ccc(NC4CC4)nc3)c3ccccc32)CC1. The van der Waals surface area contributed by atoms with Crippen molar-refractivity contribution in [3.63, 3.8) is 0 Å². The van der Waals surface area contributed by atoms with E-state index < -0.39 is 0 Å². The number of nitrogens with zero attached hydrogens (tertiary/aromatic N) is 4. The van der Waals surface area contributed by atoms with Gasteiger partial charge in [-0.15, -0.1) is 0 Å². The number of amides is 1. The van der Waals surface area contributed by atoms with Gasteiger partial charge < -0.3 is 10.6 Å². The molecule has 8 nitrogen and oxygen atoms in total. The van der Waals surface area contributed by atoms with Crippen molar-refractivity contribution in [3.05, 3.63) is 81.6 Å². The van der Waals surface area contributed by atoms with E-state index in [1.807, 2.05) is 47.9 Å². The van der Waals surface area contributed by atoms with Crippen LogP contribution < -0.4 is 16.3 Å². The highest BCUT2D eigenvalue weighted by Gasteiger charge is 2.26. The van der Waals surface area contributed by atoms with Crippen molar-refractivity contribution in [2.75, 3.05) is 5.32 Å². The first kappa shape index (κ1) is 24.7. The van der Waals surface area contributed by atoms with Crippen molar-refractivity contribution in [2.45, 2.75) is 64.1 Å². The fraction of sp³-hybridized carbons (Fsp3) is 0.379. The molecule has 0 unspecified atom stereocenters. The number of anilines is 1. The number of imidazole rings is 1. The Labute approximate surface area is 226 Å². The molecule has 6 rings (SSSR count). The Kier molecular flexibility index (Phi) is 6.66. The Balaban J connectivity index is 1.16. The predicted octanol–water partition coefficient (Wildman–Crippen LogP) is 5.11. The van der Waals surface area contributed by atoms with E-state index in [1.54, 1.807) is 23.0 Å². The van der Waals surface area contributed by atoms with Crippen molar-refractivity contribution >= 4 is 34.4 Å². The molecule has 1 amide bonds. The maximum atomic E-state index is 13.7. The van der Waals surface area contributed by atoms with Crippen molar-refractivity contribution in [1.82, 2.24) is 24.4 Å². The van der Waals surface area contributed by atoms with Crippen LogP contribution in [0.3, 0.4) is 0 Å². The Bertz CT molecular complexity index is 1530. The first-order valence-corrected chi connectivity index (χ1v) is 13.7. The Hall–Kier alpha value is -3.65. The van der Waals surface area contributed by atoms with Crippen molar-refractivity contribution in [1.29, 1.82) is 0 Å². The maximum absolute atomic E-state index is 13.7. The molecule has 1 aromatic carbocycles. The molecule has 0 spiro atoms. The third-order valence-electron chi connectivity index (χ3n) is 7.69. The summed E-state index contributed by atoms with van der Waals surface area (Å²) in [4.78, 5) is 35.2. The zero-order valence-corrected chi connectivity index (χ0v) is 22.1. The lowest BCUT2D eigenvalue weighted by Gasteiger charge is -2.29. The number of carbonyl (C=O) groups excluding carboxylic acids is 1. The Morgan fingerprint density at radius 2 is 1.71 bits per heavy atom. The number of halogens is 1. The molecule has 2 N–H and O–H groups in total. The number of benzene rings is 1. The summed E-state index contributed by atoms with van der Waals surface area (Å²) in [5.74, 6) is 1.07. The van der Waals surface area contributed by atoms with Gasteiger partial charge in [0.1, 0.15) is 5.82 Å². The number of nitrogens with one attached hydrogen (secondary N) is 2. The van der Waals surface area contributed by atoms with Crippen LogP contribution in [0.1, 0.15) is 54.6 Å². The summed E-state index contributed by atoms with van der Waals surface area (Å²) in [6.07, 6.45) is 9.31. The largest absolute Gasteiger partial charge is 0.367 e. The third kappa shape index (κ3) is 5.05. The first-order valence-electron chi connectivity index (χ1n) is 13.3. The van der Waals surface area contributed by atoms with E-state index >= 15 is 0 Å². The monoisotopic (exact) mass is 530 g/mol. The second-order valence-electron chi connectivity index (χ2n) is 10.5. The standard InChI is InChI=1S/C29H31ClN6O2/c1-18-24(14-20(30)15-31-18)28(37)34-22-8-6-19(7-9-22)17-35-25-4-2-3-5-26(25)36(29(35)38)23-12-13-27(32-16-23)33-21-10-11-21/h2-5,12-16,19,21-22H,6-11,17H2,1H3,(H,32,33)(H,34,37)/t19-,22-. The molecule has 0 aliphatic heterocycles. The molecule has 2 aliphatic carbocycles. The lowest BCUT2D eigenvalue weighted by Crippen LogP contribution is -2.39. The number of hydrogen-bond donors (Lipinski definition) is 2. The zero-order chi connectivity index (χ0) is 26.2. The number of hydrogen-bond acceptors (Lipinski definition) is 5. The summed E-state index contributed by atoms with van der Waals surface area (Å²) in [6.45, 7) is 2.46. The molecule has 9 heteroatoms. The van der Waals surface area contributed by atoms with Gasteiger partial charge >= 0.3 is 5.69 Å². The molecule has 0 radical (unpaired) electrons. The molecule has 2 aliphatic rings. The highest BCUT2D eigenvalue weighted by molar-refractivity contribution is 6.30. The molecular weight excluding hydrogens is 500 g/mol. The molecule has 0 saturated heterocycles. The Morgan fingerprint density at radius 1 is 0.974 bits per heavy atom. The van der Waals surface area contributed by atoms with E-state index in [1.165, 1.54) is 12.8 Å². The van der Waals surface area contributed by atoms with E-state index in [9.17, 15) is 9.59 Å². The fourth-order valence-electron chi connectivity index (χ4n) is 5.42.